The molecule has 7 nitrogen and oxygen atoms in total. The average Bonchev–Trinajstić information content (AvgIpc) is 2.50. The zero-order valence-corrected chi connectivity index (χ0v) is 16.9. The lowest BCUT2D eigenvalue weighted by Crippen LogP contribution is -2.30. The number of Topliss-reactive ketones (excluding diaryl/α,β-unsaturated/α-hetero) is 1. The van der Waals surface area contributed by atoms with Crippen LogP contribution in [0, 0.1) is 11.3 Å². The molecule has 154 valence electrons. The van der Waals surface area contributed by atoms with Gasteiger partial charge in [0.15, 0.2) is 5.78 Å². The van der Waals surface area contributed by atoms with Gasteiger partial charge >= 0.3 is 5.97 Å². The fourth-order valence-corrected chi connectivity index (χ4v) is 2.97. The number of hydrogen-bond acceptors (Lipinski definition) is 6. The largest absolute Gasteiger partial charge is 0.511 e. The molecule has 1 aliphatic rings. The first-order valence-corrected chi connectivity index (χ1v) is 9.48. The summed E-state index contributed by atoms with van der Waals surface area (Å²) in [6, 6.07) is 0. The number of aliphatic carboxylic acids is 1. The number of allylic oxidation sites excluding steroid dienone is 2. The Balaban J connectivity index is 2.55. The standard InChI is InChI=1S/C20H33NO6/c1-14(2)11-15(19-16(22)12-20(3,4)13-17(19)23)21-6-8-27-10-9-26-7-5-18(24)25/h14,22H,5-13H2,1-4H3,(H,24,25). The van der Waals surface area contributed by atoms with Gasteiger partial charge in [-0.15, -0.1) is 0 Å². The fourth-order valence-electron chi connectivity index (χ4n) is 2.97. The van der Waals surface area contributed by atoms with Gasteiger partial charge in [-0.05, 0) is 17.8 Å². The molecule has 0 radical (unpaired) electrons. The van der Waals surface area contributed by atoms with Gasteiger partial charge in [0, 0.05) is 18.6 Å². The third kappa shape index (κ3) is 9.15. The summed E-state index contributed by atoms with van der Waals surface area (Å²) in [4.78, 5) is 27.4. The second kappa shape index (κ2) is 11.2. The lowest BCUT2D eigenvalue weighted by Gasteiger charge is -2.30. The van der Waals surface area contributed by atoms with Gasteiger partial charge in [-0.25, -0.2) is 0 Å². The van der Waals surface area contributed by atoms with Crippen molar-refractivity contribution in [3.05, 3.63) is 11.3 Å². The molecule has 0 bridgehead atoms. The second-order valence-electron chi connectivity index (χ2n) is 8.06. The molecule has 0 aromatic carbocycles. The number of aliphatic hydroxyl groups is 1. The molecule has 0 aromatic rings. The normalized spacial score (nSPS) is 17.7. The number of ketones is 1. The number of carbonyl (C=O) groups excluding carboxylic acids is 1. The molecule has 0 fully saturated rings. The number of rotatable bonds is 12. The number of hydrogen-bond donors (Lipinski definition) is 2. The summed E-state index contributed by atoms with van der Waals surface area (Å²) in [5, 5.41) is 18.9. The van der Waals surface area contributed by atoms with E-state index in [4.69, 9.17) is 14.6 Å². The first kappa shape index (κ1) is 23.3. The van der Waals surface area contributed by atoms with Crippen LogP contribution in [-0.2, 0) is 19.1 Å². The van der Waals surface area contributed by atoms with Gasteiger partial charge in [-0.1, -0.05) is 27.7 Å². The van der Waals surface area contributed by atoms with E-state index >= 15 is 0 Å². The minimum Gasteiger partial charge on any atom is -0.511 e. The van der Waals surface area contributed by atoms with Crippen LogP contribution in [0.2, 0.25) is 0 Å². The smallest absolute Gasteiger partial charge is 0.305 e. The highest BCUT2D eigenvalue weighted by Crippen LogP contribution is 2.36. The van der Waals surface area contributed by atoms with Crippen LogP contribution in [-0.4, -0.2) is 60.6 Å². The number of carboxylic acid groups (broad SMARTS) is 1. The molecular weight excluding hydrogens is 350 g/mol. The Kier molecular flexibility index (Phi) is 9.66. The molecule has 0 aliphatic heterocycles. The maximum Gasteiger partial charge on any atom is 0.305 e. The summed E-state index contributed by atoms with van der Waals surface area (Å²) in [7, 11) is 0. The van der Waals surface area contributed by atoms with E-state index in [1.807, 2.05) is 13.8 Å². The molecule has 0 saturated carbocycles. The molecule has 0 saturated heterocycles. The Bertz CT molecular complexity index is 577. The van der Waals surface area contributed by atoms with Crippen LogP contribution >= 0.6 is 0 Å². The van der Waals surface area contributed by atoms with Gasteiger partial charge in [0.1, 0.15) is 5.76 Å². The lowest BCUT2D eigenvalue weighted by atomic mass is 9.75. The number of ether oxygens (including phenoxy) is 2. The maximum atomic E-state index is 12.5. The van der Waals surface area contributed by atoms with Crippen LogP contribution in [0.5, 0.6) is 0 Å². The fraction of sp³-hybridized carbons (Fsp3) is 0.750. The first-order valence-electron chi connectivity index (χ1n) is 9.48. The molecule has 2 N–H and O–H groups in total. The molecule has 0 atom stereocenters. The first-order chi connectivity index (χ1) is 12.6. The van der Waals surface area contributed by atoms with Crippen LogP contribution in [0.3, 0.4) is 0 Å². The molecule has 0 unspecified atom stereocenters. The highest BCUT2D eigenvalue weighted by Gasteiger charge is 2.35. The van der Waals surface area contributed by atoms with E-state index in [0.29, 0.717) is 62.8 Å². The highest BCUT2D eigenvalue weighted by molar-refractivity contribution is 6.23. The molecule has 7 heteroatoms. The molecule has 1 aliphatic carbocycles. The summed E-state index contributed by atoms with van der Waals surface area (Å²) < 4.78 is 10.6. The van der Waals surface area contributed by atoms with Gasteiger partial charge in [-0.3, -0.25) is 14.6 Å². The van der Waals surface area contributed by atoms with Gasteiger partial charge in [0.05, 0.1) is 45.0 Å². The Morgan fingerprint density at radius 3 is 2.33 bits per heavy atom. The average molecular weight is 383 g/mol. The van der Waals surface area contributed by atoms with Crippen molar-refractivity contribution in [3.8, 4) is 0 Å². The van der Waals surface area contributed by atoms with Crippen LogP contribution in [0.25, 0.3) is 0 Å². The summed E-state index contributed by atoms with van der Waals surface area (Å²) >= 11 is 0. The maximum absolute atomic E-state index is 12.5. The summed E-state index contributed by atoms with van der Waals surface area (Å²) in [5.74, 6) is -0.476. The van der Waals surface area contributed by atoms with Crippen molar-refractivity contribution < 1.29 is 29.3 Å². The van der Waals surface area contributed by atoms with E-state index in [1.165, 1.54) is 0 Å². The molecule has 0 aromatic heterocycles. The summed E-state index contributed by atoms with van der Waals surface area (Å²) in [6.45, 7) is 9.67. The molecule has 0 amide bonds. The van der Waals surface area contributed by atoms with Crippen molar-refractivity contribution in [2.45, 2.75) is 53.4 Å². The third-order valence-electron chi connectivity index (χ3n) is 4.11. The Morgan fingerprint density at radius 1 is 1.15 bits per heavy atom. The second-order valence-corrected chi connectivity index (χ2v) is 8.06. The Labute approximate surface area is 161 Å². The molecular formula is C20H33NO6. The number of nitrogens with zero attached hydrogens (tertiary/aromatic N) is 1. The van der Waals surface area contributed by atoms with Crippen molar-refractivity contribution in [2.75, 3.05) is 33.0 Å². The van der Waals surface area contributed by atoms with Crippen LogP contribution in [0.15, 0.2) is 16.3 Å². The Morgan fingerprint density at radius 2 is 1.78 bits per heavy atom. The minimum absolute atomic E-state index is 0.0215. The van der Waals surface area contributed by atoms with Crippen LogP contribution in [0.4, 0.5) is 0 Å². The predicted molar refractivity (Wildman–Crippen MR) is 103 cm³/mol. The van der Waals surface area contributed by atoms with Crippen LogP contribution in [0.1, 0.15) is 53.4 Å². The number of carboxylic acids is 1. The van der Waals surface area contributed by atoms with E-state index in [9.17, 15) is 14.7 Å². The van der Waals surface area contributed by atoms with Gasteiger partial charge in [-0.2, -0.15) is 0 Å². The van der Waals surface area contributed by atoms with Crippen molar-refractivity contribution >= 4 is 17.5 Å². The van der Waals surface area contributed by atoms with E-state index in [-0.39, 0.29) is 30.0 Å². The summed E-state index contributed by atoms with van der Waals surface area (Å²) in [5.41, 5.74) is 0.821. The SMILES string of the molecule is CC(C)CC(=NCCOCCOCCC(=O)O)C1=C(O)CC(C)(C)CC1=O. The summed E-state index contributed by atoms with van der Waals surface area (Å²) in [6.07, 6.45) is 1.50. The van der Waals surface area contributed by atoms with E-state index in [2.05, 4.69) is 18.8 Å². The van der Waals surface area contributed by atoms with Crippen molar-refractivity contribution in [3.63, 3.8) is 0 Å². The number of aliphatic hydroxyl groups excluding tert-OH is 1. The van der Waals surface area contributed by atoms with Gasteiger partial charge < -0.3 is 19.7 Å². The zero-order chi connectivity index (χ0) is 20.4. The van der Waals surface area contributed by atoms with Gasteiger partial charge in [0.2, 0.25) is 0 Å². The van der Waals surface area contributed by atoms with E-state index in [0.717, 1.165) is 0 Å². The molecule has 1 rings (SSSR count). The third-order valence-corrected chi connectivity index (χ3v) is 4.11. The number of carbonyl (C=O) groups is 2. The van der Waals surface area contributed by atoms with Gasteiger partial charge in [0.25, 0.3) is 0 Å². The quantitative estimate of drug-likeness (QED) is 0.396. The lowest BCUT2D eigenvalue weighted by molar-refractivity contribution is -0.138. The van der Waals surface area contributed by atoms with Crippen molar-refractivity contribution in [2.24, 2.45) is 16.3 Å². The van der Waals surface area contributed by atoms with E-state index in [1.54, 1.807) is 0 Å². The minimum atomic E-state index is -0.888. The van der Waals surface area contributed by atoms with Crippen molar-refractivity contribution in [1.82, 2.24) is 0 Å². The van der Waals surface area contributed by atoms with E-state index < -0.39 is 5.97 Å². The Hall–Kier alpha value is -1.73. The zero-order valence-electron chi connectivity index (χ0n) is 16.9. The molecule has 27 heavy (non-hydrogen) atoms. The van der Waals surface area contributed by atoms with Crippen molar-refractivity contribution in [1.29, 1.82) is 0 Å². The molecule has 0 heterocycles. The topological polar surface area (TPSA) is 105 Å². The number of aliphatic imine (C=N–C) groups is 1. The predicted octanol–water partition coefficient (Wildman–Crippen LogP) is 3.18. The highest BCUT2D eigenvalue weighted by atomic mass is 16.5. The monoisotopic (exact) mass is 383 g/mol. The molecule has 0 spiro atoms. The van der Waals surface area contributed by atoms with Crippen LogP contribution < -0.4 is 0 Å².